The quantitative estimate of drug-likeness (QED) is 0.773. The van der Waals surface area contributed by atoms with Gasteiger partial charge in [0.1, 0.15) is 5.82 Å². The Balaban J connectivity index is 1.90. The lowest BCUT2D eigenvalue weighted by Crippen LogP contribution is -2.13. The van der Waals surface area contributed by atoms with Crippen molar-refractivity contribution >= 4 is 5.69 Å². The third-order valence-electron chi connectivity index (χ3n) is 3.74. The zero-order valence-electron chi connectivity index (χ0n) is 11.0. The van der Waals surface area contributed by atoms with Crippen LogP contribution in [0.5, 0.6) is 0 Å². The molecular weight excluding hydrogens is 282 g/mol. The van der Waals surface area contributed by atoms with Crippen LogP contribution < -0.4 is 5.32 Å². The molecule has 0 heterocycles. The maximum atomic E-state index is 13.2. The van der Waals surface area contributed by atoms with Gasteiger partial charge in [-0.05, 0) is 48.2 Å². The Hall–Kier alpha value is -2.04. The molecule has 0 fully saturated rings. The van der Waals surface area contributed by atoms with Crippen LogP contribution >= 0.6 is 0 Å². The van der Waals surface area contributed by atoms with Crippen molar-refractivity contribution in [2.45, 2.75) is 25.1 Å². The maximum absolute atomic E-state index is 13.2. The lowest BCUT2D eigenvalue weighted by Gasteiger charge is -2.19. The van der Waals surface area contributed by atoms with E-state index in [1.165, 1.54) is 24.3 Å². The molecule has 5 heteroatoms. The molecular formula is C16H13F4N. The number of hydrogen-bond acceptors (Lipinski definition) is 1. The predicted octanol–water partition coefficient (Wildman–Crippen LogP) is 4.94. The molecule has 0 spiro atoms. The van der Waals surface area contributed by atoms with E-state index in [-0.39, 0.29) is 17.5 Å². The summed E-state index contributed by atoms with van der Waals surface area (Å²) < 4.78 is 52.1. The summed E-state index contributed by atoms with van der Waals surface area (Å²) in [6, 6.07) is 9.63. The summed E-state index contributed by atoms with van der Waals surface area (Å²) in [4.78, 5) is 0. The van der Waals surface area contributed by atoms with Crippen LogP contribution in [0, 0.1) is 5.82 Å². The number of para-hydroxylation sites is 1. The number of hydrogen-bond donors (Lipinski definition) is 1. The predicted molar refractivity (Wildman–Crippen MR) is 72.5 cm³/mol. The first kappa shape index (κ1) is 13.9. The van der Waals surface area contributed by atoms with E-state index in [1.54, 1.807) is 12.1 Å². The number of nitrogens with one attached hydrogen (secondary N) is 1. The van der Waals surface area contributed by atoms with Crippen LogP contribution in [0.15, 0.2) is 42.5 Å². The minimum absolute atomic E-state index is 0.0622. The molecule has 0 amide bonds. The number of rotatable bonds is 2. The molecule has 1 atom stereocenters. The van der Waals surface area contributed by atoms with Crippen molar-refractivity contribution in [1.29, 1.82) is 0 Å². The molecule has 3 rings (SSSR count). The van der Waals surface area contributed by atoms with Crippen molar-refractivity contribution in [2.24, 2.45) is 0 Å². The molecule has 21 heavy (non-hydrogen) atoms. The van der Waals surface area contributed by atoms with Gasteiger partial charge in [0.2, 0.25) is 0 Å². The summed E-state index contributed by atoms with van der Waals surface area (Å²) in [6.45, 7) is 0. The summed E-state index contributed by atoms with van der Waals surface area (Å²) in [5, 5.41) is 2.95. The largest absolute Gasteiger partial charge is 0.418 e. The number of fused-ring (bicyclic) bond motifs is 1. The van der Waals surface area contributed by atoms with Crippen molar-refractivity contribution in [2.75, 3.05) is 5.32 Å². The molecule has 2 aromatic carbocycles. The van der Waals surface area contributed by atoms with Gasteiger partial charge in [0.05, 0.1) is 11.6 Å². The van der Waals surface area contributed by atoms with Gasteiger partial charge in [0.15, 0.2) is 0 Å². The van der Waals surface area contributed by atoms with Crippen LogP contribution in [0.1, 0.15) is 29.2 Å². The van der Waals surface area contributed by atoms with Gasteiger partial charge in [0.25, 0.3) is 0 Å². The molecule has 1 N–H and O–H groups in total. The molecule has 1 unspecified atom stereocenters. The Morgan fingerprint density at radius 1 is 1.05 bits per heavy atom. The van der Waals surface area contributed by atoms with E-state index in [1.807, 2.05) is 0 Å². The lowest BCUT2D eigenvalue weighted by atomic mass is 10.1. The summed E-state index contributed by atoms with van der Waals surface area (Å²) in [5.74, 6) is -0.315. The first-order valence-electron chi connectivity index (χ1n) is 6.66. The molecule has 0 saturated carbocycles. The maximum Gasteiger partial charge on any atom is 0.418 e. The zero-order chi connectivity index (χ0) is 15.0. The van der Waals surface area contributed by atoms with Gasteiger partial charge in [-0.15, -0.1) is 0 Å². The Kier molecular flexibility index (Phi) is 3.35. The molecule has 0 saturated heterocycles. The second-order valence-electron chi connectivity index (χ2n) is 5.12. The van der Waals surface area contributed by atoms with Crippen LogP contribution in [-0.2, 0) is 12.6 Å². The first-order valence-corrected chi connectivity index (χ1v) is 6.66. The van der Waals surface area contributed by atoms with Crippen molar-refractivity contribution in [3.63, 3.8) is 0 Å². The summed E-state index contributed by atoms with van der Waals surface area (Å²) in [5.41, 5.74) is 1.11. The number of alkyl halides is 3. The molecule has 1 aliphatic carbocycles. The summed E-state index contributed by atoms with van der Waals surface area (Å²) in [6.07, 6.45) is -3.07. The second kappa shape index (κ2) is 5.06. The fraction of sp³-hybridized carbons (Fsp3) is 0.250. The van der Waals surface area contributed by atoms with Crippen molar-refractivity contribution in [1.82, 2.24) is 0 Å². The number of aryl methyl sites for hydroxylation is 1. The normalized spacial score (nSPS) is 17.6. The summed E-state index contributed by atoms with van der Waals surface area (Å²) >= 11 is 0. The van der Waals surface area contributed by atoms with Crippen LogP contribution in [-0.4, -0.2) is 0 Å². The van der Waals surface area contributed by atoms with Gasteiger partial charge < -0.3 is 5.32 Å². The van der Waals surface area contributed by atoms with Crippen LogP contribution in [0.3, 0.4) is 0 Å². The number of benzene rings is 2. The SMILES string of the molecule is Fc1ccc2c(c1)CCC2Nc1ccccc1C(F)(F)F. The van der Waals surface area contributed by atoms with E-state index in [0.29, 0.717) is 12.8 Å². The minimum Gasteiger partial charge on any atom is -0.378 e. The molecule has 110 valence electrons. The average Bonchev–Trinajstić information content (AvgIpc) is 2.80. The molecule has 0 aromatic heterocycles. The molecule has 1 aliphatic rings. The smallest absolute Gasteiger partial charge is 0.378 e. The molecule has 0 bridgehead atoms. The van der Waals surface area contributed by atoms with E-state index in [2.05, 4.69) is 5.32 Å². The first-order chi connectivity index (χ1) is 9.95. The minimum atomic E-state index is -4.40. The van der Waals surface area contributed by atoms with Gasteiger partial charge >= 0.3 is 6.18 Å². The number of anilines is 1. The Morgan fingerprint density at radius 2 is 1.81 bits per heavy atom. The Labute approximate surface area is 119 Å². The van der Waals surface area contributed by atoms with E-state index in [0.717, 1.165) is 17.2 Å². The highest BCUT2D eigenvalue weighted by Crippen LogP contribution is 2.39. The average molecular weight is 295 g/mol. The Morgan fingerprint density at radius 3 is 2.57 bits per heavy atom. The van der Waals surface area contributed by atoms with Gasteiger partial charge in [-0.25, -0.2) is 4.39 Å². The highest BCUT2D eigenvalue weighted by Gasteiger charge is 2.34. The Bertz CT molecular complexity index is 664. The standard InChI is InChI=1S/C16H13F4N/c17-11-6-7-12-10(9-11)5-8-14(12)21-15-4-2-1-3-13(15)16(18,19)20/h1-4,6-7,9,14,21H,5,8H2. The molecule has 1 nitrogen and oxygen atoms in total. The third-order valence-corrected chi connectivity index (χ3v) is 3.74. The topological polar surface area (TPSA) is 12.0 Å². The van der Waals surface area contributed by atoms with Gasteiger partial charge in [0, 0.05) is 5.69 Å². The van der Waals surface area contributed by atoms with E-state index in [4.69, 9.17) is 0 Å². The van der Waals surface area contributed by atoms with Crippen LogP contribution in [0.25, 0.3) is 0 Å². The van der Waals surface area contributed by atoms with Crippen molar-refractivity contribution in [3.8, 4) is 0 Å². The van der Waals surface area contributed by atoms with Crippen LogP contribution in [0.2, 0.25) is 0 Å². The third kappa shape index (κ3) is 2.73. The van der Waals surface area contributed by atoms with Crippen molar-refractivity contribution < 1.29 is 17.6 Å². The zero-order valence-corrected chi connectivity index (χ0v) is 11.0. The number of halogens is 4. The van der Waals surface area contributed by atoms with E-state index < -0.39 is 11.7 Å². The van der Waals surface area contributed by atoms with E-state index in [9.17, 15) is 17.6 Å². The van der Waals surface area contributed by atoms with Crippen LogP contribution in [0.4, 0.5) is 23.2 Å². The second-order valence-corrected chi connectivity index (χ2v) is 5.12. The highest BCUT2D eigenvalue weighted by molar-refractivity contribution is 5.55. The van der Waals surface area contributed by atoms with Gasteiger partial charge in [-0.1, -0.05) is 18.2 Å². The van der Waals surface area contributed by atoms with Gasteiger partial charge in [-0.2, -0.15) is 13.2 Å². The lowest BCUT2D eigenvalue weighted by molar-refractivity contribution is -0.137. The molecule has 0 aliphatic heterocycles. The molecule has 0 radical (unpaired) electrons. The fourth-order valence-corrected chi connectivity index (χ4v) is 2.78. The fourth-order valence-electron chi connectivity index (χ4n) is 2.78. The highest BCUT2D eigenvalue weighted by atomic mass is 19.4. The van der Waals surface area contributed by atoms with Gasteiger partial charge in [-0.3, -0.25) is 0 Å². The van der Waals surface area contributed by atoms with E-state index >= 15 is 0 Å². The molecule has 2 aromatic rings. The summed E-state index contributed by atoms with van der Waals surface area (Å²) in [7, 11) is 0. The van der Waals surface area contributed by atoms with Crippen molar-refractivity contribution in [3.05, 3.63) is 65.0 Å². The monoisotopic (exact) mass is 295 g/mol.